The van der Waals surface area contributed by atoms with E-state index in [1.807, 2.05) is 12.3 Å². The number of pyridine rings is 1. The van der Waals surface area contributed by atoms with Crippen LogP contribution in [0.2, 0.25) is 0 Å². The normalized spacial score (nSPS) is 15.0. The second-order valence-corrected chi connectivity index (χ2v) is 5.85. The summed E-state index contributed by atoms with van der Waals surface area (Å²) in [5.41, 5.74) is 1.54. The predicted molar refractivity (Wildman–Crippen MR) is 88.8 cm³/mol. The molecule has 0 radical (unpaired) electrons. The molecule has 0 amide bonds. The van der Waals surface area contributed by atoms with E-state index in [9.17, 15) is 9.59 Å². The average Bonchev–Trinajstić information content (AvgIpc) is 3.07. The van der Waals surface area contributed by atoms with Crippen LogP contribution in [0.15, 0.2) is 47.4 Å². The molecular weight excluding hydrogens is 292 g/mol. The molecule has 0 spiro atoms. The quantitative estimate of drug-likeness (QED) is 0.920. The molecule has 23 heavy (non-hydrogen) atoms. The maximum atomic E-state index is 12.6. The number of hydrogen-bond donors (Lipinski definition) is 1. The van der Waals surface area contributed by atoms with Crippen LogP contribution in [0.4, 0.5) is 0 Å². The van der Waals surface area contributed by atoms with Crippen molar-refractivity contribution < 1.29 is 9.90 Å². The molecule has 1 aromatic heterocycles. The molecule has 0 saturated carbocycles. The molecule has 2 heterocycles. The molecule has 1 saturated heterocycles. The van der Waals surface area contributed by atoms with Crippen molar-refractivity contribution in [3.8, 4) is 11.1 Å². The van der Waals surface area contributed by atoms with Crippen molar-refractivity contribution in [2.24, 2.45) is 0 Å². The Balaban J connectivity index is 1.81. The van der Waals surface area contributed by atoms with Gasteiger partial charge in [0.25, 0.3) is 5.56 Å². The number of aromatic carboxylic acids is 1. The number of carboxylic acids is 1. The average molecular weight is 312 g/mol. The Morgan fingerprint density at radius 3 is 2.39 bits per heavy atom. The van der Waals surface area contributed by atoms with Gasteiger partial charge in [-0.05, 0) is 55.8 Å². The summed E-state index contributed by atoms with van der Waals surface area (Å²) in [4.78, 5) is 25.9. The van der Waals surface area contributed by atoms with E-state index >= 15 is 0 Å². The van der Waals surface area contributed by atoms with E-state index in [0.29, 0.717) is 12.1 Å². The van der Waals surface area contributed by atoms with Gasteiger partial charge in [0, 0.05) is 24.8 Å². The number of aromatic nitrogens is 1. The fourth-order valence-electron chi connectivity index (χ4n) is 2.98. The summed E-state index contributed by atoms with van der Waals surface area (Å²) in [6.07, 6.45) is 4.29. The topological polar surface area (TPSA) is 62.5 Å². The van der Waals surface area contributed by atoms with E-state index in [1.165, 1.54) is 25.0 Å². The maximum absolute atomic E-state index is 12.6. The van der Waals surface area contributed by atoms with Crippen LogP contribution in [0.1, 0.15) is 23.2 Å². The van der Waals surface area contributed by atoms with Crippen molar-refractivity contribution in [3.63, 3.8) is 0 Å². The lowest BCUT2D eigenvalue weighted by atomic mass is 10.1. The van der Waals surface area contributed by atoms with Gasteiger partial charge in [-0.1, -0.05) is 12.1 Å². The molecule has 120 valence electrons. The summed E-state index contributed by atoms with van der Waals surface area (Å²) in [5, 5.41) is 8.95. The van der Waals surface area contributed by atoms with Crippen LogP contribution in [0, 0.1) is 0 Å². The van der Waals surface area contributed by atoms with E-state index in [2.05, 4.69) is 4.90 Å². The highest BCUT2D eigenvalue weighted by atomic mass is 16.4. The highest BCUT2D eigenvalue weighted by Crippen LogP contribution is 2.16. The lowest BCUT2D eigenvalue weighted by Gasteiger charge is -2.15. The summed E-state index contributed by atoms with van der Waals surface area (Å²) >= 11 is 0. The lowest BCUT2D eigenvalue weighted by molar-refractivity contribution is 0.0697. The Morgan fingerprint density at radius 2 is 1.74 bits per heavy atom. The predicted octanol–water partition coefficient (Wildman–Crippen LogP) is 2.31. The minimum atomic E-state index is -0.965. The summed E-state index contributed by atoms with van der Waals surface area (Å²) in [7, 11) is 0. The highest BCUT2D eigenvalue weighted by Gasteiger charge is 2.12. The molecule has 5 heteroatoms. The van der Waals surface area contributed by atoms with Crippen molar-refractivity contribution in [2.75, 3.05) is 19.6 Å². The Kier molecular flexibility index (Phi) is 4.57. The third kappa shape index (κ3) is 3.51. The number of hydrogen-bond acceptors (Lipinski definition) is 3. The van der Waals surface area contributed by atoms with Crippen molar-refractivity contribution in [1.82, 2.24) is 9.47 Å². The van der Waals surface area contributed by atoms with E-state index in [1.54, 1.807) is 22.8 Å². The molecule has 1 aliphatic heterocycles. The van der Waals surface area contributed by atoms with Crippen LogP contribution < -0.4 is 5.56 Å². The summed E-state index contributed by atoms with van der Waals surface area (Å²) in [5.74, 6) is -0.965. The first-order valence-electron chi connectivity index (χ1n) is 7.91. The van der Waals surface area contributed by atoms with Crippen LogP contribution in [0.5, 0.6) is 0 Å². The van der Waals surface area contributed by atoms with Crippen molar-refractivity contribution in [2.45, 2.75) is 19.4 Å². The number of carbonyl (C=O) groups is 1. The van der Waals surface area contributed by atoms with E-state index < -0.39 is 5.97 Å². The molecule has 2 aromatic rings. The zero-order valence-corrected chi connectivity index (χ0v) is 12.9. The third-order valence-electron chi connectivity index (χ3n) is 4.32. The van der Waals surface area contributed by atoms with Crippen LogP contribution in [0.3, 0.4) is 0 Å². The SMILES string of the molecule is O=C(O)c1ccc(-c2cccn(CCN3CCCC3)c2=O)cc1. The Morgan fingerprint density at radius 1 is 1.04 bits per heavy atom. The number of benzene rings is 1. The first kappa shape index (κ1) is 15.5. The first-order chi connectivity index (χ1) is 11.1. The Labute approximate surface area is 134 Å². The van der Waals surface area contributed by atoms with Gasteiger partial charge < -0.3 is 14.6 Å². The third-order valence-corrected chi connectivity index (χ3v) is 4.32. The molecule has 0 unspecified atom stereocenters. The smallest absolute Gasteiger partial charge is 0.335 e. The molecule has 1 aliphatic rings. The van der Waals surface area contributed by atoms with E-state index in [4.69, 9.17) is 5.11 Å². The molecule has 0 bridgehead atoms. The molecular formula is C18H20N2O3. The number of nitrogens with zero attached hydrogens (tertiary/aromatic N) is 2. The number of rotatable bonds is 5. The Bertz CT molecular complexity index is 744. The zero-order chi connectivity index (χ0) is 16.2. The largest absolute Gasteiger partial charge is 0.478 e. The van der Waals surface area contributed by atoms with Gasteiger partial charge in [-0.3, -0.25) is 4.79 Å². The minimum absolute atomic E-state index is 0.0326. The summed E-state index contributed by atoms with van der Waals surface area (Å²) in [6, 6.07) is 10.1. The number of likely N-dealkylation sites (tertiary alicyclic amines) is 1. The molecule has 1 fully saturated rings. The first-order valence-corrected chi connectivity index (χ1v) is 7.91. The van der Waals surface area contributed by atoms with Gasteiger partial charge in [0.15, 0.2) is 0 Å². The minimum Gasteiger partial charge on any atom is -0.478 e. The van der Waals surface area contributed by atoms with Crippen LogP contribution >= 0.6 is 0 Å². The van der Waals surface area contributed by atoms with Crippen molar-refractivity contribution in [1.29, 1.82) is 0 Å². The van der Waals surface area contributed by atoms with Crippen molar-refractivity contribution in [3.05, 3.63) is 58.5 Å². The molecule has 1 N–H and O–H groups in total. The molecule has 0 atom stereocenters. The van der Waals surface area contributed by atoms with Gasteiger partial charge in [0.1, 0.15) is 0 Å². The van der Waals surface area contributed by atoms with Gasteiger partial charge in [-0.25, -0.2) is 4.79 Å². The molecule has 3 rings (SSSR count). The van der Waals surface area contributed by atoms with E-state index in [-0.39, 0.29) is 11.1 Å². The van der Waals surface area contributed by atoms with Gasteiger partial charge in [0.2, 0.25) is 0 Å². The monoisotopic (exact) mass is 312 g/mol. The summed E-state index contributed by atoms with van der Waals surface area (Å²) in [6.45, 7) is 3.80. The molecule has 5 nitrogen and oxygen atoms in total. The molecule has 0 aliphatic carbocycles. The van der Waals surface area contributed by atoms with Gasteiger partial charge in [0.05, 0.1) is 5.56 Å². The van der Waals surface area contributed by atoms with Crippen LogP contribution in [-0.4, -0.2) is 40.2 Å². The van der Waals surface area contributed by atoms with Gasteiger partial charge in [-0.15, -0.1) is 0 Å². The standard InChI is InChI=1S/C18H20N2O3/c21-17-16(14-5-7-15(8-6-14)18(22)23)4-3-11-20(17)13-12-19-9-1-2-10-19/h3-8,11H,1-2,9-10,12-13H2,(H,22,23). The zero-order valence-electron chi connectivity index (χ0n) is 12.9. The van der Waals surface area contributed by atoms with Crippen LogP contribution in [-0.2, 0) is 6.54 Å². The maximum Gasteiger partial charge on any atom is 0.335 e. The van der Waals surface area contributed by atoms with Crippen molar-refractivity contribution >= 4 is 5.97 Å². The second kappa shape index (κ2) is 6.79. The Hall–Kier alpha value is -2.40. The van der Waals surface area contributed by atoms with Gasteiger partial charge >= 0.3 is 5.97 Å². The van der Waals surface area contributed by atoms with Gasteiger partial charge in [-0.2, -0.15) is 0 Å². The van der Waals surface area contributed by atoms with E-state index in [0.717, 1.165) is 25.2 Å². The highest BCUT2D eigenvalue weighted by molar-refractivity contribution is 5.88. The number of carboxylic acid groups (broad SMARTS) is 1. The molecule has 1 aromatic carbocycles. The fourth-order valence-corrected chi connectivity index (χ4v) is 2.98. The van der Waals surface area contributed by atoms with Crippen LogP contribution in [0.25, 0.3) is 11.1 Å². The fraction of sp³-hybridized carbons (Fsp3) is 0.333. The lowest BCUT2D eigenvalue weighted by Crippen LogP contribution is -2.29. The second-order valence-electron chi connectivity index (χ2n) is 5.85. The summed E-state index contributed by atoms with van der Waals surface area (Å²) < 4.78 is 1.73.